The smallest absolute Gasteiger partial charge is 0.317 e. The van der Waals surface area contributed by atoms with Crippen LogP contribution >= 0.6 is 0 Å². The third-order valence-corrected chi connectivity index (χ3v) is 3.79. The number of nitrogens with one attached hydrogen (secondary N) is 1. The molecular weight excluding hydrogens is 348 g/mol. The van der Waals surface area contributed by atoms with Crippen LogP contribution in [0.4, 0.5) is 4.79 Å². The average Bonchev–Trinajstić information content (AvgIpc) is 3.29. The molecule has 0 spiro atoms. The number of hydrogen-bond donors (Lipinski definition) is 1. The quantitative estimate of drug-likeness (QED) is 0.735. The monoisotopic (exact) mass is 370 g/mol. The fourth-order valence-corrected chi connectivity index (χ4v) is 2.26. The lowest BCUT2D eigenvalue weighted by atomic mass is 9.96. The van der Waals surface area contributed by atoms with Crippen molar-refractivity contribution in [2.45, 2.75) is 39.3 Å². The van der Waals surface area contributed by atoms with Gasteiger partial charge in [0.1, 0.15) is 5.69 Å². The minimum atomic E-state index is -0.287. The molecule has 9 heteroatoms. The van der Waals surface area contributed by atoms with Crippen molar-refractivity contribution in [2.75, 3.05) is 7.05 Å². The highest BCUT2D eigenvalue weighted by molar-refractivity contribution is 5.73. The molecule has 0 unspecified atom stereocenters. The largest absolute Gasteiger partial charge is 0.359 e. The molecule has 0 radical (unpaired) electrons. The number of hydrogen-bond acceptors (Lipinski definition) is 7. The van der Waals surface area contributed by atoms with E-state index in [0.29, 0.717) is 23.2 Å². The summed E-state index contributed by atoms with van der Waals surface area (Å²) >= 11 is 0. The van der Waals surface area contributed by atoms with E-state index in [1.54, 1.807) is 25.5 Å². The van der Waals surface area contributed by atoms with E-state index in [-0.39, 0.29) is 24.5 Å². The van der Waals surface area contributed by atoms with Crippen molar-refractivity contribution < 1.29 is 13.8 Å². The second kappa shape index (κ2) is 7.56. The zero-order valence-electron chi connectivity index (χ0n) is 15.8. The Morgan fingerprint density at radius 3 is 2.74 bits per heavy atom. The molecule has 0 fully saturated rings. The number of nitrogens with zero attached hydrogens (tertiary/aromatic N) is 5. The summed E-state index contributed by atoms with van der Waals surface area (Å²) in [7, 11) is 1.66. The Bertz CT molecular complexity index is 897. The molecule has 0 saturated heterocycles. The van der Waals surface area contributed by atoms with Gasteiger partial charge in [-0.25, -0.2) is 4.79 Å². The SMILES string of the molecule is CN(Cc1cc(-c2cccnc2)no1)C(=O)NCc1nc(C(C)(C)C)no1. The first kappa shape index (κ1) is 18.6. The summed E-state index contributed by atoms with van der Waals surface area (Å²) in [4.78, 5) is 22.1. The van der Waals surface area contributed by atoms with Crippen LogP contribution in [-0.2, 0) is 18.5 Å². The molecule has 9 nitrogen and oxygen atoms in total. The predicted octanol–water partition coefficient (Wildman–Crippen LogP) is 2.76. The highest BCUT2D eigenvalue weighted by Crippen LogP contribution is 2.19. The summed E-state index contributed by atoms with van der Waals surface area (Å²) in [6.07, 6.45) is 3.39. The number of amides is 2. The van der Waals surface area contributed by atoms with Gasteiger partial charge in [-0.3, -0.25) is 4.98 Å². The highest BCUT2D eigenvalue weighted by atomic mass is 16.5. The fraction of sp³-hybridized carbons (Fsp3) is 0.389. The van der Waals surface area contributed by atoms with E-state index in [4.69, 9.17) is 9.05 Å². The Morgan fingerprint density at radius 1 is 1.26 bits per heavy atom. The molecule has 27 heavy (non-hydrogen) atoms. The lowest BCUT2D eigenvalue weighted by Crippen LogP contribution is -2.36. The van der Waals surface area contributed by atoms with E-state index < -0.39 is 0 Å². The predicted molar refractivity (Wildman–Crippen MR) is 96.4 cm³/mol. The number of carbonyl (C=O) groups excluding carboxylic acids is 1. The van der Waals surface area contributed by atoms with Gasteiger partial charge in [0.2, 0.25) is 5.89 Å². The zero-order valence-corrected chi connectivity index (χ0v) is 15.8. The standard InChI is InChI=1S/C18H22N6O3/c1-18(2,3)16-21-15(27-23-16)10-20-17(25)24(4)11-13-8-14(22-26-13)12-6-5-7-19-9-12/h5-9H,10-11H2,1-4H3,(H,20,25). The van der Waals surface area contributed by atoms with E-state index in [1.807, 2.05) is 32.9 Å². The molecule has 3 heterocycles. The van der Waals surface area contributed by atoms with Crippen molar-refractivity contribution in [1.82, 2.24) is 30.5 Å². The Kier molecular flexibility index (Phi) is 5.20. The maximum absolute atomic E-state index is 12.3. The van der Waals surface area contributed by atoms with Crippen LogP contribution in [0.2, 0.25) is 0 Å². The average molecular weight is 370 g/mol. The first-order chi connectivity index (χ1) is 12.8. The van der Waals surface area contributed by atoms with E-state index >= 15 is 0 Å². The van der Waals surface area contributed by atoms with Crippen molar-refractivity contribution in [1.29, 1.82) is 0 Å². The van der Waals surface area contributed by atoms with Gasteiger partial charge in [-0.15, -0.1) is 0 Å². The maximum Gasteiger partial charge on any atom is 0.317 e. The summed E-state index contributed by atoms with van der Waals surface area (Å²) in [6.45, 7) is 6.40. The summed E-state index contributed by atoms with van der Waals surface area (Å²) in [6, 6.07) is 5.21. The van der Waals surface area contributed by atoms with Crippen LogP contribution in [0.15, 0.2) is 39.6 Å². The van der Waals surface area contributed by atoms with Gasteiger partial charge < -0.3 is 19.3 Å². The molecule has 2 amide bonds. The molecule has 3 rings (SSSR count). The maximum atomic E-state index is 12.3. The Hall–Kier alpha value is -3.23. The van der Waals surface area contributed by atoms with E-state index in [0.717, 1.165) is 5.56 Å². The van der Waals surface area contributed by atoms with Gasteiger partial charge in [-0.2, -0.15) is 4.98 Å². The second-order valence-electron chi connectivity index (χ2n) is 7.20. The number of aromatic nitrogens is 4. The van der Waals surface area contributed by atoms with Crippen LogP contribution in [0.25, 0.3) is 11.3 Å². The molecule has 0 aliphatic carbocycles. The van der Waals surface area contributed by atoms with Crippen LogP contribution in [0.3, 0.4) is 0 Å². The van der Waals surface area contributed by atoms with Crippen molar-refractivity contribution >= 4 is 6.03 Å². The van der Waals surface area contributed by atoms with Crippen molar-refractivity contribution in [2.24, 2.45) is 0 Å². The highest BCUT2D eigenvalue weighted by Gasteiger charge is 2.21. The Labute approximate surface area is 156 Å². The third-order valence-electron chi connectivity index (χ3n) is 3.79. The first-order valence-corrected chi connectivity index (χ1v) is 8.51. The first-order valence-electron chi connectivity index (χ1n) is 8.51. The lowest BCUT2D eigenvalue weighted by Gasteiger charge is -2.15. The van der Waals surface area contributed by atoms with Gasteiger partial charge in [-0.1, -0.05) is 31.1 Å². The van der Waals surface area contributed by atoms with Gasteiger partial charge >= 0.3 is 6.03 Å². The van der Waals surface area contributed by atoms with E-state index in [2.05, 4.69) is 25.6 Å². The van der Waals surface area contributed by atoms with Crippen LogP contribution in [-0.4, -0.2) is 38.3 Å². The summed E-state index contributed by atoms with van der Waals surface area (Å²) < 4.78 is 10.5. The van der Waals surface area contributed by atoms with Crippen molar-refractivity contribution in [3.8, 4) is 11.3 Å². The third kappa shape index (κ3) is 4.69. The van der Waals surface area contributed by atoms with Crippen LogP contribution < -0.4 is 5.32 Å². The molecule has 0 aliphatic rings. The van der Waals surface area contributed by atoms with Gasteiger partial charge in [0.15, 0.2) is 11.6 Å². The number of urea groups is 1. The molecule has 3 aromatic rings. The lowest BCUT2D eigenvalue weighted by molar-refractivity contribution is 0.198. The molecular formula is C18H22N6O3. The fourth-order valence-electron chi connectivity index (χ4n) is 2.26. The molecule has 0 bridgehead atoms. The van der Waals surface area contributed by atoms with E-state index in [1.165, 1.54) is 4.90 Å². The summed E-state index contributed by atoms with van der Waals surface area (Å²) in [5.74, 6) is 1.53. The zero-order chi connectivity index (χ0) is 19.4. The summed E-state index contributed by atoms with van der Waals surface area (Å²) in [5.41, 5.74) is 1.32. The molecule has 0 saturated carbocycles. The van der Waals surface area contributed by atoms with Gasteiger partial charge in [0.05, 0.1) is 13.1 Å². The minimum Gasteiger partial charge on any atom is -0.359 e. The Balaban J connectivity index is 1.54. The normalized spacial score (nSPS) is 11.4. The Morgan fingerprint density at radius 2 is 2.07 bits per heavy atom. The molecule has 3 aromatic heterocycles. The summed E-state index contributed by atoms with van der Waals surface area (Å²) in [5, 5.41) is 10.7. The minimum absolute atomic E-state index is 0.156. The molecule has 1 N–H and O–H groups in total. The van der Waals surface area contributed by atoms with Crippen molar-refractivity contribution in [3.63, 3.8) is 0 Å². The van der Waals surface area contributed by atoms with Crippen LogP contribution in [0.1, 0.15) is 38.2 Å². The molecule has 142 valence electrons. The molecule has 0 aliphatic heterocycles. The van der Waals surface area contributed by atoms with Crippen LogP contribution in [0.5, 0.6) is 0 Å². The number of rotatable bonds is 5. The van der Waals surface area contributed by atoms with E-state index in [9.17, 15) is 4.79 Å². The van der Waals surface area contributed by atoms with Gasteiger partial charge in [0.25, 0.3) is 0 Å². The topological polar surface area (TPSA) is 110 Å². The second-order valence-corrected chi connectivity index (χ2v) is 7.20. The van der Waals surface area contributed by atoms with Crippen molar-refractivity contribution in [3.05, 3.63) is 48.1 Å². The van der Waals surface area contributed by atoms with Crippen LogP contribution in [0, 0.1) is 0 Å². The number of carbonyl (C=O) groups is 1. The molecule has 0 aromatic carbocycles. The van der Waals surface area contributed by atoms with Gasteiger partial charge in [-0.05, 0) is 12.1 Å². The van der Waals surface area contributed by atoms with Gasteiger partial charge in [0, 0.05) is 36.5 Å². The number of pyridine rings is 1. The molecule has 0 atom stereocenters.